The molecule has 102 valence electrons. The van der Waals surface area contributed by atoms with Crippen molar-refractivity contribution in [2.24, 2.45) is 0 Å². The third kappa shape index (κ3) is 3.18. The van der Waals surface area contributed by atoms with Gasteiger partial charge in [0.15, 0.2) is 0 Å². The fraction of sp³-hybridized carbons (Fsp3) is 0.176. The van der Waals surface area contributed by atoms with Crippen molar-refractivity contribution in [3.63, 3.8) is 0 Å². The minimum absolute atomic E-state index is 0.937. The zero-order chi connectivity index (χ0) is 13.8. The van der Waals surface area contributed by atoms with Crippen LogP contribution in [0.25, 0.3) is 11.1 Å². The molecule has 0 aliphatic heterocycles. The van der Waals surface area contributed by atoms with E-state index in [1.807, 2.05) is 11.3 Å². The summed E-state index contributed by atoms with van der Waals surface area (Å²) in [5, 5.41) is 10.2. The maximum atomic E-state index is 3.53. The molecule has 0 amide bonds. The summed E-state index contributed by atoms with van der Waals surface area (Å²) < 4.78 is 0. The highest BCUT2D eigenvalue weighted by molar-refractivity contribution is 7.10. The third-order valence-electron chi connectivity index (χ3n) is 3.34. The molecule has 0 aliphatic rings. The summed E-state index contributed by atoms with van der Waals surface area (Å²) >= 11 is 3.60. The van der Waals surface area contributed by atoms with E-state index in [9.17, 15) is 0 Å². The molecule has 3 rings (SSSR count). The van der Waals surface area contributed by atoms with E-state index in [1.165, 1.54) is 27.1 Å². The molecule has 2 aromatic heterocycles. The number of thiophene rings is 2. The van der Waals surface area contributed by atoms with E-state index >= 15 is 0 Å². The molecule has 0 spiro atoms. The first-order valence-electron chi connectivity index (χ1n) is 6.68. The minimum atomic E-state index is 0.937. The van der Waals surface area contributed by atoms with Gasteiger partial charge < -0.3 is 5.32 Å². The summed E-state index contributed by atoms with van der Waals surface area (Å²) in [6, 6.07) is 12.8. The standard InChI is InChI=1S/C17H17NS2/c1-13-10-19-11-16(13)8-18-9-17-7-15(12-20-17)14-5-3-2-4-6-14/h2-7,10-12,18H,8-9H2,1H3. The molecule has 0 atom stereocenters. The average Bonchev–Trinajstić information content (AvgIpc) is 3.10. The summed E-state index contributed by atoms with van der Waals surface area (Å²) in [5.74, 6) is 0. The highest BCUT2D eigenvalue weighted by atomic mass is 32.1. The van der Waals surface area contributed by atoms with Crippen LogP contribution >= 0.6 is 22.7 Å². The molecule has 0 unspecified atom stereocenters. The van der Waals surface area contributed by atoms with Crippen LogP contribution in [0.3, 0.4) is 0 Å². The molecular formula is C17H17NS2. The number of hydrogen-bond donors (Lipinski definition) is 1. The van der Waals surface area contributed by atoms with Crippen LogP contribution < -0.4 is 5.32 Å². The Hall–Kier alpha value is -1.42. The van der Waals surface area contributed by atoms with E-state index in [1.54, 1.807) is 11.3 Å². The van der Waals surface area contributed by atoms with Crippen molar-refractivity contribution in [3.8, 4) is 11.1 Å². The zero-order valence-electron chi connectivity index (χ0n) is 11.4. The van der Waals surface area contributed by atoms with Gasteiger partial charge in [-0.05, 0) is 51.4 Å². The minimum Gasteiger partial charge on any atom is -0.308 e. The lowest BCUT2D eigenvalue weighted by atomic mass is 10.1. The summed E-state index contributed by atoms with van der Waals surface area (Å²) in [6.45, 7) is 4.06. The van der Waals surface area contributed by atoms with Gasteiger partial charge in [-0.25, -0.2) is 0 Å². The predicted octanol–water partition coefficient (Wildman–Crippen LogP) is 5.07. The van der Waals surface area contributed by atoms with E-state index in [0.29, 0.717) is 0 Å². The Morgan fingerprint density at radius 1 is 0.950 bits per heavy atom. The quantitative estimate of drug-likeness (QED) is 0.693. The molecule has 0 bridgehead atoms. The Morgan fingerprint density at radius 2 is 1.80 bits per heavy atom. The molecular weight excluding hydrogens is 282 g/mol. The maximum absolute atomic E-state index is 3.53. The van der Waals surface area contributed by atoms with E-state index in [2.05, 4.69) is 64.8 Å². The smallest absolute Gasteiger partial charge is 0.0303 e. The first-order valence-corrected chi connectivity index (χ1v) is 8.50. The molecule has 1 N–H and O–H groups in total. The topological polar surface area (TPSA) is 12.0 Å². The summed E-state index contributed by atoms with van der Waals surface area (Å²) in [7, 11) is 0. The van der Waals surface area contributed by atoms with Gasteiger partial charge in [0.2, 0.25) is 0 Å². The lowest BCUT2D eigenvalue weighted by molar-refractivity contribution is 0.700. The van der Waals surface area contributed by atoms with Crippen molar-refractivity contribution in [2.75, 3.05) is 0 Å². The Morgan fingerprint density at radius 3 is 2.55 bits per heavy atom. The van der Waals surface area contributed by atoms with E-state index < -0.39 is 0 Å². The van der Waals surface area contributed by atoms with E-state index in [0.717, 1.165) is 13.1 Å². The lowest BCUT2D eigenvalue weighted by Gasteiger charge is -2.02. The Kier molecular flexibility index (Phi) is 4.31. The zero-order valence-corrected chi connectivity index (χ0v) is 13.1. The van der Waals surface area contributed by atoms with Gasteiger partial charge in [-0.2, -0.15) is 11.3 Å². The van der Waals surface area contributed by atoms with E-state index in [-0.39, 0.29) is 0 Å². The fourth-order valence-corrected chi connectivity index (χ4v) is 3.86. The maximum Gasteiger partial charge on any atom is 0.0303 e. The van der Waals surface area contributed by atoms with Crippen LogP contribution in [-0.4, -0.2) is 0 Å². The predicted molar refractivity (Wildman–Crippen MR) is 89.4 cm³/mol. The molecule has 3 aromatic rings. The van der Waals surface area contributed by atoms with Gasteiger partial charge >= 0.3 is 0 Å². The van der Waals surface area contributed by atoms with Gasteiger partial charge in [0.1, 0.15) is 0 Å². The third-order valence-corrected chi connectivity index (χ3v) is 5.18. The van der Waals surface area contributed by atoms with Gasteiger partial charge in [-0.3, -0.25) is 0 Å². The lowest BCUT2D eigenvalue weighted by Crippen LogP contribution is -2.11. The molecule has 20 heavy (non-hydrogen) atoms. The summed E-state index contributed by atoms with van der Waals surface area (Å²) in [4.78, 5) is 1.39. The molecule has 0 saturated heterocycles. The number of hydrogen-bond acceptors (Lipinski definition) is 3. The van der Waals surface area contributed by atoms with Crippen LogP contribution in [0, 0.1) is 6.92 Å². The molecule has 1 nitrogen and oxygen atoms in total. The second kappa shape index (κ2) is 6.35. The normalized spacial score (nSPS) is 10.8. The van der Waals surface area contributed by atoms with Crippen molar-refractivity contribution < 1.29 is 0 Å². The number of aryl methyl sites for hydroxylation is 1. The van der Waals surface area contributed by atoms with Crippen molar-refractivity contribution in [3.05, 3.63) is 68.5 Å². The number of rotatable bonds is 5. The van der Waals surface area contributed by atoms with Gasteiger partial charge in [-0.1, -0.05) is 30.3 Å². The van der Waals surface area contributed by atoms with Crippen molar-refractivity contribution in [1.29, 1.82) is 0 Å². The van der Waals surface area contributed by atoms with Crippen LogP contribution in [-0.2, 0) is 13.1 Å². The molecule has 1 aromatic carbocycles. The Labute approximate surface area is 127 Å². The molecule has 0 saturated carbocycles. The molecule has 2 heterocycles. The molecule has 0 aliphatic carbocycles. The highest BCUT2D eigenvalue weighted by Crippen LogP contribution is 2.25. The number of benzene rings is 1. The second-order valence-electron chi connectivity index (χ2n) is 4.85. The van der Waals surface area contributed by atoms with Crippen molar-refractivity contribution >= 4 is 22.7 Å². The first-order chi connectivity index (χ1) is 9.83. The fourth-order valence-electron chi connectivity index (χ4n) is 2.14. The molecule has 0 radical (unpaired) electrons. The highest BCUT2D eigenvalue weighted by Gasteiger charge is 2.03. The van der Waals surface area contributed by atoms with Gasteiger partial charge in [0.05, 0.1) is 0 Å². The monoisotopic (exact) mass is 299 g/mol. The van der Waals surface area contributed by atoms with Crippen molar-refractivity contribution in [2.45, 2.75) is 20.0 Å². The first kappa shape index (κ1) is 13.6. The average molecular weight is 299 g/mol. The Balaban J connectivity index is 1.59. The number of nitrogens with one attached hydrogen (secondary N) is 1. The van der Waals surface area contributed by atoms with Crippen LogP contribution in [0.1, 0.15) is 16.0 Å². The van der Waals surface area contributed by atoms with Gasteiger partial charge in [-0.15, -0.1) is 11.3 Å². The SMILES string of the molecule is Cc1cscc1CNCc1cc(-c2ccccc2)cs1. The Bertz CT molecular complexity index is 667. The van der Waals surface area contributed by atoms with Gasteiger partial charge in [0, 0.05) is 18.0 Å². The van der Waals surface area contributed by atoms with Crippen LogP contribution in [0.5, 0.6) is 0 Å². The van der Waals surface area contributed by atoms with Crippen LogP contribution in [0.2, 0.25) is 0 Å². The van der Waals surface area contributed by atoms with Crippen LogP contribution in [0.4, 0.5) is 0 Å². The van der Waals surface area contributed by atoms with Gasteiger partial charge in [0.25, 0.3) is 0 Å². The summed E-state index contributed by atoms with van der Waals surface area (Å²) in [5.41, 5.74) is 5.41. The second-order valence-corrected chi connectivity index (χ2v) is 6.59. The molecule has 0 fully saturated rings. The largest absolute Gasteiger partial charge is 0.308 e. The molecule has 3 heteroatoms. The van der Waals surface area contributed by atoms with E-state index in [4.69, 9.17) is 0 Å². The van der Waals surface area contributed by atoms with Crippen LogP contribution in [0.15, 0.2) is 52.5 Å². The van der Waals surface area contributed by atoms with Crippen molar-refractivity contribution in [1.82, 2.24) is 5.32 Å². The summed E-state index contributed by atoms with van der Waals surface area (Å²) in [6.07, 6.45) is 0.